The first-order valence-electron chi connectivity index (χ1n) is 16.0. The van der Waals surface area contributed by atoms with Gasteiger partial charge in [0, 0.05) is 28.3 Å². The normalized spacial score (nSPS) is 31.5. The van der Waals surface area contributed by atoms with Gasteiger partial charge in [-0.15, -0.1) is 0 Å². The predicted octanol–water partition coefficient (Wildman–Crippen LogP) is 12.5. The molecule has 7 rings (SSSR count). The first-order chi connectivity index (χ1) is 20.9. The Morgan fingerprint density at radius 2 is 0.810 bits per heavy atom. The third kappa shape index (κ3) is 5.74. The van der Waals surface area contributed by atoms with Crippen molar-refractivity contribution in [2.45, 2.75) is 73.2 Å². The molecule has 6 atom stereocenters. The second kappa shape index (κ2) is 13.2. The summed E-state index contributed by atoms with van der Waals surface area (Å²) >= 11 is 0. The Morgan fingerprint density at radius 1 is 0.405 bits per heavy atom. The molecule has 42 heavy (non-hydrogen) atoms. The van der Waals surface area contributed by atoms with E-state index in [0.29, 0.717) is 28.3 Å². The van der Waals surface area contributed by atoms with Gasteiger partial charge in [0.15, 0.2) is 0 Å². The number of rotatable bonds is 6. The van der Waals surface area contributed by atoms with E-state index in [9.17, 15) is 0 Å². The maximum atomic E-state index is 2.78. The van der Waals surface area contributed by atoms with E-state index < -0.39 is 0 Å². The van der Waals surface area contributed by atoms with Crippen LogP contribution in [0, 0.1) is 0 Å². The summed E-state index contributed by atoms with van der Waals surface area (Å²) < 4.78 is 0. The van der Waals surface area contributed by atoms with E-state index in [-0.39, 0.29) is 15.8 Å². The SMILES string of the molecule is C1=C\C[C@H](P2C(c3ccccc3)CC[C@H]2c2ccccc2)/C(P2C(c3ccccc3)CCC2c2ccccc2)=C\CC/1. The van der Waals surface area contributed by atoms with E-state index in [2.05, 4.69) is 140 Å². The number of hydrogen-bond donors (Lipinski definition) is 0. The highest BCUT2D eigenvalue weighted by atomic mass is 31.1. The fourth-order valence-electron chi connectivity index (χ4n) is 7.95. The van der Waals surface area contributed by atoms with Crippen molar-refractivity contribution >= 4 is 15.8 Å². The first-order valence-corrected chi connectivity index (χ1v) is 19.0. The maximum Gasteiger partial charge on any atom is 0.00889 e. The molecule has 0 bridgehead atoms. The molecule has 1 aliphatic carbocycles. The summed E-state index contributed by atoms with van der Waals surface area (Å²) in [5.41, 5.74) is 9.53. The summed E-state index contributed by atoms with van der Waals surface area (Å²) in [7, 11) is -0.666. The third-order valence-corrected chi connectivity index (χ3v) is 17.3. The molecule has 2 heterocycles. The molecule has 2 aliphatic heterocycles. The van der Waals surface area contributed by atoms with E-state index >= 15 is 0 Å². The summed E-state index contributed by atoms with van der Waals surface area (Å²) in [6, 6.07) is 46.3. The second-order valence-corrected chi connectivity index (χ2v) is 17.5. The zero-order valence-electron chi connectivity index (χ0n) is 24.5. The van der Waals surface area contributed by atoms with Gasteiger partial charge in [-0.1, -0.05) is 155 Å². The molecule has 212 valence electrons. The lowest BCUT2D eigenvalue weighted by atomic mass is 10.0. The molecular weight excluding hydrogens is 542 g/mol. The number of hydrogen-bond acceptors (Lipinski definition) is 0. The molecule has 0 nitrogen and oxygen atoms in total. The average Bonchev–Trinajstić information content (AvgIpc) is 3.68. The van der Waals surface area contributed by atoms with Crippen molar-refractivity contribution in [3.8, 4) is 0 Å². The Morgan fingerprint density at radius 3 is 1.26 bits per heavy atom. The minimum atomic E-state index is -0.359. The van der Waals surface area contributed by atoms with Crippen LogP contribution >= 0.6 is 15.8 Å². The van der Waals surface area contributed by atoms with Crippen molar-refractivity contribution in [3.05, 3.63) is 167 Å². The summed E-state index contributed by atoms with van der Waals surface area (Å²) in [5, 5.41) is 1.87. The van der Waals surface area contributed by atoms with Crippen LogP contribution in [-0.2, 0) is 0 Å². The van der Waals surface area contributed by atoms with Crippen LogP contribution in [0.15, 0.2) is 145 Å². The van der Waals surface area contributed by atoms with Crippen molar-refractivity contribution in [2.24, 2.45) is 0 Å². The topological polar surface area (TPSA) is 0 Å². The fourth-order valence-corrected chi connectivity index (χ4v) is 16.5. The van der Waals surface area contributed by atoms with Gasteiger partial charge in [-0.05, 0) is 72.5 Å². The van der Waals surface area contributed by atoms with Crippen LogP contribution in [-0.4, -0.2) is 5.66 Å². The lowest BCUT2D eigenvalue weighted by Gasteiger charge is -2.41. The van der Waals surface area contributed by atoms with Crippen LogP contribution < -0.4 is 0 Å². The van der Waals surface area contributed by atoms with Crippen molar-refractivity contribution in [1.82, 2.24) is 0 Å². The molecule has 2 fully saturated rings. The van der Waals surface area contributed by atoms with Crippen molar-refractivity contribution in [3.63, 3.8) is 0 Å². The van der Waals surface area contributed by atoms with Gasteiger partial charge in [-0.3, -0.25) is 0 Å². The predicted molar refractivity (Wildman–Crippen MR) is 184 cm³/mol. The van der Waals surface area contributed by atoms with E-state index in [0.717, 1.165) is 0 Å². The molecular formula is C40H42P2. The smallest absolute Gasteiger partial charge is 0.00889 e. The zero-order valence-corrected chi connectivity index (χ0v) is 26.3. The molecule has 0 radical (unpaired) electrons. The molecule has 3 aliphatic rings. The molecule has 4 unspecified atom stereocenters. The molecule has 4 aromatic rings. The van der Waals surface area contributed by atoms with Crippen LogP contribution in [0.5, 0.6) is 0 Å². The molecule has 0 spiro atoms. The quantitative estimate of drug-likeness (QED) is 0.156. The third-order valence-electron chi connectivity index (χ3n) is 9.77. The Hall–Kier alpha value is -2.78. The van der Waals surface area contributed by atoms with Gasteiger partial charge < -0.3 is 0 Å². The van der Waals surface area contributed by atoms with Gasteiger partial charge in [-0.2, -0.15) is 0 Å². The molecule has 4 aromatic carbocycles. The summed E-state index contributed by atoms with van der Waals surface area (Å²) in [6.45, 7) is 0. The highest BCUT2D eigenvalue weighted by Crippen LogP contribution is 2.81. The van der Waals surface area contributed by atoms with Crippen molar-refractivity contribution in [2.75, 3.05) is 0 Å². The van der Waals surface area contributed by atoms with Gasteiger partial charge in [0.25, 0.3) is 0 Å². The lowest BCUT2D eigenvalue weighted by molar-refractivity contribution is 0.765. The summed E-state index contributed by atoms with van der Waals surface area (Å²) in [4.78, 5) is 0. The first kappa shape index (κ1) is 28.0. The van der Waals surface area contributed by atoms with E-state index in [1.54, 1.807) is 22.3 Å². The number of benzene rings is 4. The van der Waals surface area contributed by atoms with Gasteiger partial charge in [0.1, 0.15) is 0 Å². The Balaban J connectivity index is 1.36. The van der Waals surface area contributed by atoms with Crippen LogP contribution in [0.3, 0.4) is 0 Å². The average molecular weight is 585 g/mol. The Bertz CT molecular complexity index is 1380. The lowest BCUT2D eigenvalue weighted by Crippen LogP contribution is -2.15. The highest BCUT2D eigenvalue weighted by Gasteiger charge is 2.47. The molecule has 0 amide bonds. The van der Waals surface area contributed by atoms with E-state index in [1.807, 2.05) is 5.31 Å². The Labute approximate surface area is 255 Å². The second-order valence-electron chi connectivity index (χ2n) is 12.1. The number of allylic oxidation sites excluding steroid dienone is 4. The van der Waals surface area contributed by atoms with E-state index in [1.165, 1.54) is 44.9 Å². The Kier molecular flexibility index (Phi) is 8.84. The largest absolute Gasteiger partial charge is 0.0882 e. The molecule has 0 aromatic heterocycles. The van der Waals surface area contributed by atoms with Crippen molar-refractivity contribution < 1.29 is 0 Å². The van der Waals surface area contributed by atoms with E-state index in [4.69, 9.17) is 0 Å². The fraction of sp³-hybridized carbons (Fsp3) is 0.300. The summed E-state index contributed by atoms with van der Waals surface area (Å²) in [6.07, 6.45) is 16.6. The minimum Gasteiger partial charge on any atom is -0.0882 e. The van der Waals surface area contributed by atoms with Gasteiger partial charge in [0.2, 0.25) is 0 Å². The molecule has 0 saturated carbocycles. The maximum absolute atomic E-state index is 2.78. The van der Waals surface area contributed by atoms with Crippen LogP contribution in [0.1, 0.15) is 89.8 Å². The standard InChI is InChI=1S/C40H42P2/c1-2-16-26-40(42-37(33-21-11-5-12-22-33)29-30-38(42)34-23-13-6-14-24-34)39(25-15-1)41-35(31-17-7-3-8-18-31)27-28-36(41)32-19-9-4-10-20-32/h1,3-15,17-24,26,35-39H,2,16,25,27-30H2/b15-1-,40-26+/t35-,36?,37?,38?,39-,41?,42?/m0/s1. The van der Waals surface area contributed by atoms with Crippen LogP contribution in [0.2, 0.25) is 0 Å². The van der Waals surface area contributed by atoms with Gasteiger partial charge in [-0.25, -0.2) is 0 Å². The monoisotopic (exact) mass is 584 g/mol. The van der Waals surface area contributed by atoms with Gasteiger partial charge in [0.05, 0.1) is 0 Å². The zero-order chi connectivity index (χ0) is 28.1. The van der Waals surface area contributed by atoms with Gasteiger partial charge >= 0.3 is 0 Å². The minimum absolute atomic E-state index is 0.306. The van der Waals surface area contributed by atoms with Crippen LogP contribution in [0.25, 0.3) is 0 Å². The summed E-state index contributed by atoms with van der Waals surface area (Å²) in [5.74, 6) is 0. The highest BCUT2D eigenvalue weighted by molar-refractivity contribution is 7.66. The van der Waals surface area contributed by atoms with Crippen LogP contribution in [0.4, 0.5) is 0 Å². The molecule has 2 saturated heterocycles. The molecule has 0 N–H and O–H groups in total. The molecule has 2 heteroatoms. The van der Waals surface area contributed by atoms with Crippen molar-refractivity contribution in [1.29, 1.82) is 0 Å².